The minimum absolute atomic E-state index is 0.301. The first-order valence-electron chi connectivity index (χ1n) is 9.75. The van der Waals surface area contributed by atoms with Crippen LogP contribution in [0.3, 0.4) is 0 Å². The van der Waals surface area contributed by atoms with E-state index in [2.05, 4.69) is 70.7 Å². The number of benzene rings is 3. The number of nitrogens with zero attached hydrogens (tertiary/aromatic N) is 4. The number of aromatic nitrogens is 2. The zero-order chi connectivity index (χ0) is 19.8. The maximum Gasteiger partial charge on any atom is 0.0998 e. The second kappa shape index (κ2) is 7.12. The molecule has 0 bridgehead atoms. The zero-order valence-electron chi connectivity index (χ0n) is 16.2. The van der Waals surface area contributed by atoms with Gasteiger partial charge in [-0.2, -0.15) is 15.5 Å². The van der Waals surface area contributed by atoms with Crippen LogP contribution in [0, 0.1) is 11.3 Å². The van der Waals surface area contributed by atoms with Crippen LogP contribution in [0.1, 0.15) is 28.2 Å². The molecule has 0 fully saturated rings. The summed E-state index contributed by atoms with van der Waals surface area (Å²) in [4.78, 5) is 2.36. The summed E-state index contributed by atoms with van der Waals surface area (Å²) >= 11 is 0. The van der Waals surface area contributed by atoms with Crippen molar-refractivity contribution in [2.24, 2.45) is 0 Å². The Kier molecular flexibility index (Phi) is 4.31. The molecule has 3 aromatic carbocycles. The lowest BCUT2D eigenvalue weighted by Crippen LogP contribution is -2.31. The maximum absolute atomic E-state index is 9.37. The normalized spacial score (nSPS) is 16.3. The summed E-state index contributed by atoms with van der Waals surface area (Å²) in [5, 5.41) is 19.8. The van der Waals surface area contributed by atoms with E-state index in [1.165, 1.54) is 16.7 Å². The summed E-state index contributed by atoms with van der Waals surface area (Å²) < 4.78 is 0. The third-order valence-corrected chi connectivity index (χ3v) is 5.75. The summed E-state index contributed by atoms with van der Waals surface area (Å²) in [5.74, 6) is 0.301. The fourth-order valence-corrected chi connectivity index (χ4v) is 4.36. The zero-order valence-corrected chi connectivity index (χ0v) is 16.2. The molecule has 0 spiro atoms. The van der Waals surface area contributed by atoms with Gasteiger partial charge in [0.05, 0.1) is 17.3 Å². The summed E-state index contributed by atoms with van der Waals surface area (Å²) in [6.07, 6.45) is 1.70. The molecule has 1 unspecified atom stereocenters. The van der Waals surface area contributed by atoms with Crippen molar-refractivity contribution >= 4 is 10.8 Å². The third-order valence-electron chi connectivity index (χ3n) is 5.75. The average molecular weight is 376 g/mol. The van der Waals surface area contributed by atoms with Crippen LogP contribution in [-0.2, 0) is 6.54 Å². The van der Waals surface area contributed by atoms with Crippen molar-refractivity contribution in [1.82, 2.24) is 15.1 Å². The number of nitriles is 1. The minimum atomic E-state index is 0.301. The lowest BCUT2D eigenvalue weighted by atomic mass is 9.83. The molecule has 0 aliphatic carbocycles. The molecule has 1 aliphatic rings. The van der Waals surface area contributed by atoms with E-state index in [1.807, 2.05) is 24.3 Å². The highest BCUT2D eigenvalue weighted by Gasteiger charge is 2.25. The van der Waals surface area contributed by atoms with E-state index in [4.69, 9.17) is 0 Å². The van der Waals surface area contributed by atoms with Gasteiger partial charge in [0.2, 0.25) is 0 Å². The van der Waals surface area contributed by atoms with E-state index in [1.54, 1.807) is 6.20 Å². The Morgan fingerprint density at radius 3 is 2.79 bits per heavy atom. The molecule has 0 saturated heterocycles. The van der Waals surface area contributed by atoms with Gasteiger partial charge >= 0.3 is 0 Å². The molecule has 0 saturated carbocycles. The number of rotatable bonds is 2. The average Bonchev–Trinajstić information content (AvgIpc) is 2.77. The van der Waals surface area contributed by atoms with Crippen molar-refractivity contribution < 1.29 is 0 Å². The van der Waals surface area contributed by atoms with Gasteiger partial charge in [0, 0.05) is 30.8 Å². The number of hydrogen-bond acceptors (Lipinski definition) is 4. The van der Waals surface area contributed by atoms with E-state index in [0.29, 0.717) is 5.92 Å². The largest absolute Gasteiger partial charge is 0.301 e. The van der Waals surface area contributed by atoms with Crippen molar-refractivity contribution in [3.63, 3.8) is 0 Å². The first-order chi connectivity index (χ1) is 14.2. The Balaban J connectivity index is 1.59. The van der Waals surface area contributed by atoms with Crippen molar-refractivity contribution in [3.05, 3.63) is 95.2 Å². The molecule has 4 heteroatoms. The minimum Gasteiger partial charge on any atom is -0.301 e. The van der Waals surface area contributed by atoms with Gasteiger partial charge in [-0.25, -0.2) is 0 Å². The van der Waals surface area contributed by atoms with Crippen LogP contribution in [0.25, 0.3) is 22.0 Å². The Morgan fingerprint density at radius 1 is 1.03 bits per heavy atom. The number of fused-ring (bicyclic) bond motifs is 2. The summed E-state index contributed by atoms with van der Waals surface area (Å²) in [6.45, 7) is 1.90. The standard InChI is InChI=1S/C25H20N4/c1-29-15-21-13-19(25-6-3-11-27-28-25)8-10-23(21)24(16-29)18-7-9-22-17(12-18)4-2-5-20(22)14-26/h2-13,24H,15-16H2,1H3. The predicted molar refractivity (Wildman–Crippen MR) is 114 cm³/mol. The van der Waals surface area contributed by atoms with Gasteiger partial charge in [-0.05, 0) is 58.8 Å². The molecule has 1 atom stereocenters. The monoisotopic (exact) mass is 376 g/mol. The molecule has 1 aliphatic heterocycles. The van der Waals surface area contributed by atoms with Gasteiger partial charge < -0.3 is 4.90 Å². The van der Waals surface area contributed by atoms with Crippen molar-refractivity contribution in [2.45, 2.75) is 12.5 Å². The highest BCUT2D eigenvalue weighted by atomic mass is 15.1. The molecule has 5 rings (SSSR count). The Labute approximate surface area is 170 Å². The second-order valence-corrected chi connectivity index (χ2v) is 7.67. The predicted octanol–water partition coefficient (Wildman–Crippen LogP) is 4.75. The molecule has 1 aromatic heterocycles. The SMILES string of the molecule is CN1Cc2cc(-c3cccnn3)ccc2C(c2ccc3c(C#N)cccc3c2)C1. The van der Waals surface area contributed by atoms with Crippen LogP contribution in [0.15, 0.2) is 72.9 Å². The molecule has 0 radical (unpaired) electrons. The van der Waals surface area contributed by atoms with Crippen molar-refractivity contribution in [1.29, 1.82) is 5.26 Å². The van der Waals surface area contributed by atoms with E-state index in [-0.39, 0.29) is 0 Å². The van der Waals surface area contributed by atoms with E-state index < -0.39 is 0 Å². The molecule has 4 nitrogen and oxygen atoms in total. The highest BCUT2D eigenvalue weighted by molar-refractivity contribution is 5.88. The fourth-order valence-electron chi connectivity index (χ4n) is 4.36. The Morgan fingerprint density at radius 2 is 1.97 bits per heavy atom. The van der Waals surface area contributed by atoms with Gasteiger partial charge in [-0.3, -0.25) is 0 Å². The quantitative estimate of drug-likeness (QED) is 0.507. The smallest absolute Gasteiger partial charge is 0.0998 e. The fraction of sp³-hybridized carbons (Fsp3) is 0.160. The maximum atomic E-state index is 9.37. The molecule has 4 aromatic rings. The molecule has 0 N–H and O–H groups in total. The van der Waals surface area contributed by atoms with Gasteiger partial charge in [0.15, 0.2) is 0 Å². The lowest BCUT2D eigenvalue weighted by molar-refractivity contribution is 0.295. The van der Waals surface area contributed by atoms with Gasteiger partial charge in [-0.1, -0.05) is 42.5 Å². The molecule has 29 heavy (non-hydrogen) atoms. The van der Waals surface area contributed by atoms with Crippen LogP contribution in [0.2, 0.25) is 0 Å². The summed E-state index contributed by atoms with van der Waals surface area (Å²) in [7, 11) is 2.17. The van der Waals surface area contributed by atoms with Crippen LogP contribution in [0.5, 0.6) is 0 Å². The van der Waals surface area contributed by atoms with Crippen molar-refractivity contribution in [2.75, 3.05) is 13.6 Å². The number of hydrogen-bond donors (Lipinski definition) is 0. The topological polar surface area (TPSA) is 52.8 Å². The van der Waals surface area contributed by atoms with E-state index in [9.17, 15) is 5.26 Å². The highest BCUT2D eigenvalue weighted by Crippen LogP contribution is 2.36. The van der Waals surface area contributed by atoms with Crippen LogP contribution < -0.4 is 0 Å². The molecular weight excluding hydrogens is 356 g/mol. The van der Waals surface area contributed by atoms with Gasteiger partial charge in [0.25, 0.3) is 0 Å². The molecule has 2 heterocycles. The Hall–Kier alpha value is -3.55. The van der Waals surface area contributed by atoms with Crippen LogP contribution >= 0.6 is 0 Å². The van der Waals surface area contributed by atoms with E-state index in [0.717, 1.165) is 40.7 Å². The lowest BCUT2D eigenvalue weighted by Gasteiger charge is -2.33. The summed E-state index contributed by atoms with van der Waals surface area (Å²) in [6, 6.07) is 25.3. The van der Waals surface area contributed by atoms with Crippen LogP contribution in [0.4, 0.5) is 0 Å². The van der Waals surface area contributed by atoms with Gasteiger partial charge in [-0.15, -0.1) is 0 Å². The second-order valence-electron chi connectivity index (χ2n) is 7.67. The van der Waals surface area contributed by atoms with Crippen LogP contribution in [-0.4, -0.2) is 28.7 Å². The number of likely N-dealkylation sites (N-methyl/N-ethyl adjacent to an activating group) is 1. The Bertz CT molecular complexity index is 1240. The molecule has 0 amide bonds. The third kappa shape index (κ3) is 3.16. The van der Waals surface area contributed by atoms with Gasteiger partial charge in [0.1, 0.15) is 0 Å². The van der Waals surface area contributed by atoms with E-state index >= 15 is 0 Å². The first-order valence-corrected chi connectivity index (χ1v) is 9.75. The van der Waals surface area contributed by atoms with Crippen molar-refractivity contribution in [3.8, 4) is 17.3 Å². The molecular formula is C25H20N4. The summed E-state index contributed by atoms with van der Waals surface area (Å²) in [5.41, 5.74) is 6.71. The molecule has 140 valence electrons. The first kappa shape index (κ1) is 17.5.